The molecule has 0 amide bonds. The average molecular weight is 343 g/mol. The third-order valence-corrected chi connectivity index (χ3v) is 3.27. The zero-order chi connectivity index (χ0) is 13.8. The van der Waals surface area contributed by atoms with Crippen molar-refractivity contribution in [1.82, 2.24) is 14.9 Å². The van der Waals surface area contributed by atoms with Crippen molar-refractivity contribution >= 4 is 28.1 Å². The van der Waals surface area contributed by atoms with Gasteiger partial charge >= 0.3 is 0 Å². The van der Waals surface area contributed by atoms with E-state index in [4.69, 9.17) is 17.0 Å². The van der Waals surface area contributed by atoms with E-state index in [1.807, 2.05) is 32.0 Å². The first-order chi connectivity index (χ1) is 9.06. The second kappa shape index (κ2) is 6.21. The van der Waals surface area contributed by atoms with Gasteiger partial charge in [0.25, 0.3) is 0 Å². The minimum Gasteiger partial charge on any atom is -0.490 e. The van der Waals surface area contributed by atoms with E-state index in [0.29, 0.717) is 11.3 Å². The molecule has 19 heavy (non-hydrogen) atoms. The monoisotopic (exact) mass is 342 g/mol. The number of ether oxygens (including phenoxy) is 1. The van der Waals surface area contributed by atoms with Crippen molar-refractivity contribution in [3.63, 3.8) is 0 Å². The minimum atomic E-state index is 0.157. The lowest BCUT2D eigenvalue weighted by Gasteiger charge is -2.13. The van der Waals surface area contributed by atoms with Crippen LogP contribution in [0.25, 0.3) is 0 Å². The molecule has 2 aromatic rings. The summed E-state index contributed by atoms with van der Waals surface area (Å²) in [5.41, 5.74) is 4.27. The summed E-state index contributed by atoms with van der Waals surface area (Å²) in [5, 5.41) is 6.52. The van der Waals surface area contributed by atoms with Crippen LogP contribution >= 0.6 is 28.1 Å². The van der Waals surface area contributed by atoms with Gasteiger partial charge in [-0.15, -0.1) is 0 Å². The minimum absolute atomic E-state index is 0.157. The van der Waals surface area contributed by atoms with Gasteiger partial charge in [-0.2, -0.15) is 5.10 Å². The number of benzene rings is 1. The molecule has 0 bridgehead atoms. The van der Waals surface area contributed by atoms with Crippen LogP contribution in [0.1, 0.15) is 19.4 Å². The molecule has 1 aromatic carbocycles. The fourth-order valence-corrected chi connectivity index (χ4v) is 2.23. The van der Waals surface area contributed by atoms with Crippen molar-refractivity contribution in [3.05, 3.63) is 39.3 Å². The molecule has 0 unspecified atom stereocenters. The number of hydrogen-bond acceptors (Lipinski definition) is 4. The molecule has 0 fully saturated rings. The molecule has 7 heteroatoms. The van der Waals surface area contributed by atoms with Gasteiger partial charge < -0.3 is 10.2 Å². The molecule has 0 radical (unpaired) electrons. The van der Waals surface area contributed by atoms with Crippen LogP contribution < -0.4 is 10.2 Å². The fourth-order valence-electron chi connectivity index (χ4n) is 1.54. The molecule has 0 spiro atoms. The van der Waals surface area contributed by atoms with Gasteiger partial charge in [0.1, 0.15) is 12.1 Å². The second-order valence-electron chi connectivity index (χ2n) is 4.30. The summed E-state index contributed by atoms with van der Waals surface area (Å²) in [6.07, 6.45) is 1.76. The van der Waals surface area contributed by atoms with Gasteiger partial charge in [0.2, 0.25) is 4.77 Å². The highest BCUT2D eigenvalue weighted by Gasteiger charge is 2.04. The van der Waals surface area contributed by atoms with Crippen molar-refractivity contribution in [2.24, 2.45) is 0 Å². The van der Waals surface area contributed by atoms with E-state index in [9.17, 15) is 0 Å². The number of halogens is 1. The first kappa shape index (κ1) is 14.1. The smallest absolute Gasteiger partial charge is 0.214 e. The molecular formula is C12H15BrN4OS. The van der Waals surface area contributed by atoms with Gasteiger partial charge in [-0.1, -0.05) is 6.07 Å². The Balaban J connectivity index is 2.04. The Kier molecular flexibility index (Phi) is 4.60. The third kappa shape index (κ3) is 3.81. The van der Waals surface area contributed by atoms with E-state index in [1.54, 1.807) is 11.0 Å². The van der Waals surface area contributed by atoms with Crippen molar-refractivity contribution in [2.45, 2.75) is 26.5 Å². The lowest BCUT2D eigenvalue weighted by Crippen LogP contribution is -2.13. The van der Waals surface area contributed by atoms with Crippen LogP contribution in [0.4, 0.5) is 0 Å². The Morgan fingerprint density at radius 3 is 2.89 bits per heavy atom. The number of aromatic nitrogens is 3. The lowest BCUT2D eigenvalue weighted by molar-refractivity contribution is 0.241. The molecule has 2 N–H and O–H groups in total. The molecule has 1 heterocycles. The molecular weight excluding hydrogens is 328 g/mol. The van der Waals surface area contributed by atoms with E-state index >= 15 is 0 Å². The van der Waals surface area contributed by atoms with Gasteiger partial charge in [0.15, 0.2) is 0 Å². The standard InChI is InChI=1S/C12H15BrN4OS/c1-8(2)18-11-4-3-9(5-10(11)13)6-15-17-7-14-16-12(17)19/h3-5,7-8,15H,6H2,1-2H3,(H,16,19). The molecule has 102 valence electrons. The van der Waals surface area contributed by atoms with Crippen molar-refractivity contribution in [3.8, 4) is 5.75 Å². The van der Waals surface area contributed by atoms with Gasteiger partial charge in [-0.3, -0.25) is 5.10 Å². The number of nitrogens with zero attached hydrogens (tertiary/aromatic N) is 2. The highest BCUT2D eigenvalue weighted by Crippen LogP contribution is 2.26. The summed E-state index contributed by atoms with van der Waals surface area (Å²) in [6.45, 7) is 4.65. The quantitative estimate of drug-likeness (QED) is 0.819. The molecule has 0 saturated carbocycles. The largest absolute Gasteiger partial charge is 0.490 e. The molecule has 0 aliphatic carbocycles. The van der Waals surface area contributed by atoms with Crippen LogP contribution in [0.15, 0.2) is 29.0 Å². The number of H-pyrrole nitrogens is 1. The summed E-state index contributed by atoms with van der Waals surface area (Å²) in [4.78, 5) is 0. The first-order valence-corrected chi connectivity index (χ1v) is 7.07. The fraction of sp³-hybridized carbons (Fsp3) is 0.333. The number of aromatic amines is 1. The maximum atomic E-state index is 5.67. The number of rotatable bonds is 5. The van der Waals surface area contributed by atoms with Crippen LogP contribution in [0, 0.1) is 4.77 Å². The molecule has 0 saturated heterocycles. The van der Waals surface area contributed by atoms with E-state index in [0.717, 1.165) is 15.8 Å². The zero-order valence-electron chi connectivity index (χ0n) is 10.7. The Hall–Kier alpha value is -1.34. The van der Waals surface area contributed by atoms with Crippen molar-refractivity contribution in [1.29, 1.82) is 0 Å². The van der Waals surface area contributed by atoms with Crippen molar-refractivity contribution < 1.29 is 4.74 Å². The van der Waals surface area contributed by atoms with E-state index < -0.39 is 0 Å². The zero-order valence-corrected chi connectivity index (χ0v) is 13.1. The molecule has 0 atom stereocenters. The van der Waals surface area contributed by atoms with Crippen LogP contribution in [0.2, 0.25) is 0 Å². The Morgan fingerprint density at radius 1 is 1.53 bits per heavy atom. The molecule has 5 nitrogen and oxygen atoms in total. The topological polar surface area (TPSA) is 54.9 Å². The number of nitrogens with one attached hydrogen (secondary N) is 2. The maximum Gasteiger partial charge on any atom is 0.214 e. The first-order valence-electron chi connectivity index (χ1n) is 5.87. The Morgan fingerprint density at radius 2 is 2.32 bits per heavy atom. The molecule has 1 aromatic heterocycles. The normalized spacial score (nSPS) is 10.7. The summed E-state index contributed by atoms with van der Waals surface area (Å²) < 4.78 is 8.82. The Labute approximate surface area is 125 Å². The van der Waals surface area contributed by atoms with E-state index in [-0.39, 0.29) is 6.10 Å². The average Bonchev–Trinajstić information content (AvgIpc) is 2.75. The summed E-state index contributed by atoms with van der Waals surface area (Å²) >= 11 is 8.56. The summed E-state index contributed by atoms with van der Waals surface area (Å²) in [6, 6.07) is 5.99. The van der Waals surface area contributed by atoms with Gasteiger partial charge in [-0.25, -0.2) is 4.68 Å². The van der Waals surface area contributed by atoms with Crippen LogP contribution in [-0.4, -0.2) is 21.0 Å². The Bertz CT molecular complexity index is 608. The molecule has 0 aliphatic rings. The lowest BCUT2D eigenvalue weighted by atomic mass is 10.2. The van der Waals surface area contributed by atoms with Gasteiger partial charge in [-0.05, 0) is 59.7 Å². The second-order valence-corrected chi connectivity index (χ2v) is 5.54. The summed E-state index contributed by atoms with van der Waals surface area (Å²) in [5.74, 6) is 0.846. The number of hydrogen-bond donors (Lipinski definition) is 2. The highest BCUT2D eigenvalue weighted by atomic mass is 79.9. The molecule has 0 aliphatic heterocycles. The van der Waals surface area contributed by atoms with Crippen LogP contribution in [-0.2, 0) is 6.54 Å². The summed E-state index contributed by atoms with van der Waals surface area (Å²) in [7, 11) is 0. The van der Waals surface area contributed by atoms with Crippen LogP contribution in [0.5, 0.6) is 5.75 Å². The maximum absolute atomic E-state index is 5.67. The van der Waals surface area contributed by atoms with Crippen molar-refractivity contribution in [2.75, 3.05) is 5.43 Å². The van der Waals surface area contributed by atoms with Crippen LogP contribution in [0.3, 0.4) is 0 Å². The van der Waals surface area contributed by atoms with Gasteiger partial charge in [0, 0.05) is 0 Å². The highest BCUT2D eigenvalue weighted by molar-refractivity contribution is 9.10. The van der Waals surface area contributed by atoms with E-state index in [2.05, 4.69) is 31.6 Å². The predicted octanol–water partition coefficient (Wildman–Crippen LogP) is 3.23. The van der Waals surface area contributed by atoms with E-state index in [1.165, 1.54) is 0 Å². The van der Waals surface area contributed by atoms with Gasteiger partial charge in [0.05, 0.1) is 17.1 Å². The predicted molar refractivity (Wildman–Crippen MR) is 80.4 cm³/mol. The SMILES string of the molecule is CC(C)Oc1ccc(CNn2cn[nH]c2=S)cc1Br. The molecule has 2 rings (SSSR count). The third-order valence-electron chi connectivity index (χ3n) is 2.36.